The first kappa shape index (κ1) is 31.1. The van der Waals surface area contributed by atoms with Crippen LogP contribution in [-0.4, -0.2) is 27.1 Å². The van der Waals surface area contributed by atoms with E-state index in [1.165, 1.54) is 33.5 Å². The van der Waals surface area contributed by atoms with Crippen LogP contribution in [0.25, 0.3) is 10.2 Å². The van der Waals surface area contributed by atoms with Crippen LogP contribution in [0.3, 0.4) is 0 Å². The van der Waals surface area contributed by atoms with E-state index in [0.29, 0.717) is 22.3 Å². The van der Waals surface area contributed by atoms with Crippen LogP contribution in [0.2, 0.25) is 0 Å². The smallest absolute Gasteiger partial charge is 0.263 e. The average molecular weight is 565 g/mol. The first-order valence-corrected chi connectivity index (χ1v) is 16.0. The molecule has 0 aliphatic heterocycles. The van der Waals surface area contributed by atoms with Gasteiger partial charge in [-0.3, -0.25) is 19.0 Å². The van der Waals surface area contributed by atoms with Crippen LogP contribution in [0, 0.1) is 0 Å². The monoisotopic (exact) mass is 564 g/mol. The number of thiophene rings is 2. The highest BCUT2D eigenvalue weighted by Crippen LogP contribution is 2.39. The van der Waals surface area contributed by atoms with Crippen LogP contribution in [0.1, 0.15) is 92.5 Å². The number of nitrogens with two attached hydrogens (primary N) is 1. The second kappa shape index (κ2) is 14.7. The summed E-state index contributed by atoms with van der Waals surface area (Å²) in [6, 6.07) is 0. The van der Waals surface area contributed by atoms with Gasteiger partial charge in [0.25, 0.3) is 11.5 Å². The molecule has 3 heterocycles. The number of amides is 2. The summed E-state index contributed by atoms with van der Waals surface area (Å²) in [5.74, 6) is -0.637. The summed E-state index contributed by atoms with van der Waals surface area (Å²) in [4.78, 5) is 45.6. The van der Waals surface area contributed by atoms with E-state index in [4.69, 9.17) is 10.7 Å². The Morgan fingerprint density at radius 2 is 1.57 bits per heavy atom. The summed E-state index contributed by atoms with van der Waals surface area (Å²) in [6.07, 6.45) is 5.81. The summed E-state index contributed by atoms with van der Waals surface area (Å²) >= 11 is 4.29. The molecule has 0 radical (unpaired) electrons. The molecular formula is C27H40N4O3S3. The number of nitrogens with one attached hydrogen (secondary N) is 1. The summed E-state index contributed by atoms with van der Waals surface area (Å²) in [5.41, 5.74) is 8.16. The standard InChI is InChI=1S/C21H22N4O3S3.3C2H6/c1-2-25-20(28)16-11-6-4-8-13(11)31-19(16)24-21(25)29-9-14(26)23-18-15(17(22)27)10-5-3-7-12(10)30-18;3*1-2/h2-9H2,1H3,(H2,22,27)(H,23,26);3*1-2H3. The molecule has 0 saturated carbocycles. The highest BCUT2D eigenvalue weighted by Gasteiger charge is 2.27. The molecule has 0 bridgehead atoms. The van der Waals surface area contributed by atoms with Crippen LogP contribution in [-0.2, 0) is 37.0 Å². The lowest BCUT2D eigenvalue weighted by Crippen LogP contribution is -2.24. The number of aryl methyl sites for hydroxylation is 3. The van der Waals surface area contributed by atoms with E-state index in [1.54, 1.807) is 15.9 Å². The summed E-state index contributed by atoms with van der Waals surface area (Å²) in [5, 5.41) is 4.70. The van der Waals surface area contributed by atoms with Crippen LogP contribution in [0.5, 0.6) is 0 Å². The number of fused-ring (bicyclic) bond motifs is 4. The molecule has 0 aromatic carbocycles. The summed E-state index contributed by atoms with van der Waals surface area (Å²) < 4.78 is 1.65. The second-order valence-corrected chi connectivity index (χ2v) is 10.9. The lowest BCUT2D eigenvalue weighted by atomic mass is 10.1. The molecule has 3 aromatic heterocycles. The molecule has 204 valence electrons. The van der Waals surface area contributed by atoms with E-state index < -0.39 is 5.91 Å². The maximum atomic E-state index is 13.1. The van der Waals surface area contributed by atoms with E-state index in [0.717, 1.165) is 59.2 Å². The largest absolute Gasteiger partial charge is 0.365 e. The van der Waals surface area contributed by atoms with E-state index in [2.05, 4.69) is 5.32 Å². The zero-order chi connectivity index (χ0) is 27.7. The molecule has 10 heteroatoms. The molecule has 0 saturated heterocycles. The fourth-order valence-corrected chi connectivity index (χ4v) is 7.97. The Morgan fingerprint density at radius 3 is 2.16 bits per heavy atom. The van der Waals surface area contributed by atoms with Crippen LogP contribution < -0.4 is 16.6 Å². The van der Waals surface area contributed by atoms with Crippen molar-refractivity contribution in [1.29, 1.82) is 0 Å². The lowest BCUT2D eigenvalue weighted by Gasteiger charge is -2.10. The zero-order valence-corrected chi connectivity index (χ0v) is 25.5. The highest BCUT2D eigenvalue weighted by molar-refractivity contribution is 7.99. The van der Waals surface area contributed by atoms with Gasteiger partial charge in [-0.1, -0.05) is 53.3 Å². The van der Waals surface area contributed by atoms with Gasteiger partial charge in [-0.05, 0) is 56.6 Å². The molecule has 0 fully saturated rings. The van der Waals surface area contributed by atoms with Crippen LogP contribution >= 0.6 is 34.4 Å². The molecule has 37 heavy (non-hydrogen) atoms. The van der Waals surface area contributed by atoms with Crippen molar-refractivity contribution in [2.24, 2.45) is 5.73 Å². The molecule has 0 spiro atoms. The molecule has 3 N–H and O–H groups in total. The third-order valence-corrected chi connectivity index (χ3v) is 9.23. The minimum atomic E-state index is -0.500. The Hall–Kier alpha value is -2.17. The third kappa shape index (κ3) is 6.46. The van der Waals surface area contributed by atoms with Gasteiger partial charge in [0.1, 0.15) is 9.83 Å². The molecule has 0 atom stereocenters. The number of rotatable bonds is 6. The highest BCUT2D eigenvalue weighted by atomic mass is 32.2. The van der Waals surface area contributed by atoms with Gasteiger partial charge in [0, 0.05) is 16.3 Å². The maximum absolute atomic E-state index is 13.1. The first-order valence-electron chi connectivity index (χ1n) is 13.4. The van der Waals surface area contributed by atoms with E-state index in [9.17, 15) is 14.4 Å². The quantitative estimate of drug-likeness (QED) is 0.265. The Kier molecular flexibility index (Phi) is 12.3. The topological polar surface area (TPSA) is 107 Å². The van der Waals surface area contributed by atoms with Crippen molar-refractivity contribution in [1.82, 2.24) is 9.55 Å². The minimum Gasteiger partial charge on any atom is -0.365 e. The van der Waals surface area contributed by atoms with Gasteiger partial charge in [-0.15, -0.1) is 22.7 Å². The van der Waals surface area contributed by atoms with Gasteiger partial charge in [0.15, 0.2) is 5.16 Å². The van der Waals surface area contributed by atoms with Crippen LogP contribution in [0.4, 0.5) is 5.00 Å². The SMILES string of the molecule is CC.CC.CC.CCn1c(SCC(=O)Nc2sc3c(c2C(N)=O)CCC3)nc2sc3c(c2c1=O)CCC3. The Labute approximate surface area is 232 Å². The number of carbonyl (C=O) groups excluding carboxylic acids is 2. The van der Waals surface area contributed by atoms with Crippen molar-refractivity contribution < 1.29 is 9.59 Å². The normalized spacial score (nSPS) is 12.8. The van der Waals surface area contributed by atoms with E-state index in [1.807, 2.05) is 48.5 Å². The van der Waals surface area contributed by atoms with E-state index in [-0.39, 0.29) is 17.2 Å². The van der Waals surface area contributed by atoms with Gasteiger partial charge in [0.2, 0.25) is 5.91 Å². The Bertz CT molecular complexity index is 1290. The Morgan fingerprint density at radius 1 is 0.973 bits per heavy atom. The fourth-order valence-electron chi connectivity index (χ4n) is 4.49. The number of nitrogens with zero attached hydrogens (tertiary/aromatic N) is 2. The predicted octanol–water partition coefficient (Wildman–Crippen LogP) is 6.43. The molecule has 2 amide bonds. The van der Waals surface area contributed by atoms with Crippen molar-refractivity contribution in [3.05, 3.63) is 36.8 Å². The van der Waals surface area contributed by atoms with Gasteiger partial charge in [0.05, 0.1) is 16.7 Å². The number of aromatic nitrogens is 2. The molecular weight excluding hydrogens is 525 g/mol. The average Bonchev–Trinajstić information content (AvgIpc) is 3.67. The number of anilines is 1. The molecule has 2 aliphatic carbocycles. The van der Waals surface area contributed by atoms with Crippen molar-refractivity contribution >= 4 is 61.5 Å². The molecule has 2 aliphatic rings. The van der Waals surface area contributed by atoms with Gasteiger partial charge in [-0.25, -0.2) is 4.98 Å². The first-order chi connectivity index (χ1) is 18.0. The van der Waals surface area contributed by atoms with Crippen molar-refractivity contribution in [3.63, 3.8) is 0 Å². The number of carbonyl (C=O) groups is 2. The number of hydrogen-bond acceptors (Lipinski definition) is 7. The van der Waals surface area contributed by atoms with Crippen molar-refractivity contribution in [3.8, 4) is 0 Å². The molecule has 5 rings (SSSR count). The maximum Gasteiger partial charge on any atom is 0.263 e. The fraction of sp³-hybridized carbons (Fsp3) is 0.556. The summed E-state index contributed by atoms with van der Waals surface area (Å²) in [6.45, 7) is 14.4. The van der Waals surface area contributed by atoms with E-state index >= 15 is 0 Å². The number of primary amides is 1. The lowest BCUT2D eigenvalue weighted by molar-refractivity contribution is -0.113. The molecule has 3 aromatic rings. The predicted molar refractivity (Wildman–Crippen MR) is 160 cm³/mol. The van der Waals surface area contributed by atoms with Crippen LogP contribution in [0.15, 0.2) is 9.95 Å². The van der Waals surface area contributed by atoms with Gasteiger partial charge in [-0.2, -0.15) is 0 Å². The number of hydrogen-bond donors (Lipinski definition) is 2. The zero-order valence-electron chi connectivity index (χ0n) is 23.1. The third-order valence-electron chi connectivity index (χ3n) is 5.86. The second-order valence-electron chi connectivity index (χ2n) is 7.74. The minimum absolute atomic E-state index is 0.0134. The summed E-state index contributed by atoms with van der Waals surface area (Å²) in [7, 11) is 0. The van der Waals surface area contributed by atoms with Gasteiger partial charge >= 0.3 is 0 Å². The molecule has 7 nitrogen and oxygen atoms in total. The Balaban J connectivity index is 0.000000750. The van der Waals surface area contributed by atoms with Gasteiger partial charge < -0.3 is 11.1 Å². The number of thioether (sulfide) groups is 1. The van der Waals surface area contributed by atoms with Crippen molar-refractivity contribution in [2.75, 3.05) is 11.1 Å². The molecule has 0 unspecified atom stereocenters. The van der Waals surface area contributed by atoms with Crippen molar-refractivity contribution in [2.45, 2.75) is 98.7 Å².